The maximum absolute atomic E-state index is 6.13. The fourth-order valence-corrected chi connectivity index (χ4v) is 3.15. The highest BCUT2D eigenvalue weighted by Gasteiger charge is 2.05. The number of benzene rings is 1. The van der Waals surface area contributed by atoms with Crippen LogP contribution in [-0.4, -0.2) is 0 Å². The Labute approximate surface area is 122 Å². The highest BCUT2D eigenvalue weighted by Crippen LogP contribution is 2.25. The van der Waals surface area contributed by atoms with Crippen molar-refractivity contribution in [3.63, 3.8) is 0 Å². The van der Waals surface area contributed by atoms with Crippen LogP contribution in [0.25, 0.3) is 0 Å². The van der Waals surface area contributed by atoms with Crippen molar-refractivity contribution in [2.24, 2.45) is 0 Å². The maximum Gasteiger partial charge on any atom is 0.0637 e. The Balaban J connectivity index is 1.94. The first kappa shape index (κ1) is 13.9. The summed E-state index contributed by atoms with van der Waals surface area (Å²) in [4.78, 5) is 2.73. The van der Waals surface area contributed by atoms with Crippen LogP contribution in [0.3, 0.4) is 0 Å². The Hall–Kier alpha value is -0.540. The van der Waals surface area contributed by atoms with Crippen molar-refractivity contribution in [3.8, 4) is 0 Å². The van der Waals surface area contributed by atoms with Crippen molar-refractivity contribution in [2.75, 3.05) is 0 Å². The average Bonchev–Trinajstić information content (AvgIpc) is 2.64. The lowest BCUT2D eigenvalue weighted by Gasteiger charge is -2.06. The third kappa shape index (κ3) is 3.27. The van der Waals surface area contributed by atoms with E-state index in [1.807, 2.05) is 23.5 Å². The topological polar surface area (TPSA) is 12.0 Å². The molecule has 4 heteroatoms. The van der Waals surface area contributed by atoms with Crippen molar-refractivity contribution in [1.29, 1.82) is 0 Å². The second kappa shape index (κ2) is 6.07. The van der Waals surface area contributed by atoms with Gasteiger partial charge in [-0.3, -0.25) is 0 Å². The monoisotopic (exact) mass is 299 g/mol. The zero-order chi connectivity index (χ0) is 13.1. The third-order valence-corrected chi connectivity index (χ3v) is 4.87. The summed E-state index contributed by atoms with van der Waals surface area (Å²) in [6.45, 7) is 5.89. The molecule has 0 fully saturated rings. The lowest BCUT2D eigenvalue weighted by atomic mass is 10.2. The molecule has 0 aliphatic carbocycles. The molecule has 1 nitrogen and oxygen atoms in total. The van der Waals surface area contributed by atoms with Crippen LogP contribution in [0.4, 0.5) is 0 Å². The lowest BCUT2D eigenvalue weighted by molar-refractivity contribution is 0.701. The molecule has 0 bridgehead atoms. The van der Waals surface area contributed by atoms with Gasteiger partial charge in [-0.25, -0.2) is 0 Å². The van der Waals surface area contributed by atoms with E-state index in [2.05, 4.69) is 25.2 Å². The molecule has 0 saturated heterocycles. The maximum atomic E-state index is 6.13. The van der Waals surface area contributed by atoms with Gasteiger partial charge in [0.2, 0.25) is 0 Å². The van der Waals surface area contributed by atoms with E-state index in [4.69, 9.17) is 23.2 Å². The molecule has 0 atom stereocenters. The first-order chi connectivity index (χ1) is 8.58. The smallest absolute Gasteiger partial charge is 0.0637 e. The normalized spacial score (nSPS) is 10.9. The third-order valence-electron chi connectivity index (χ3n) is 2.86. The molecule has 96 valence electrons. The number of aryl methyl sites for hydroxylation is 2. The largest absolute Gasteiger partial charge is 0.308 e. The van der Waals surface area contributed by atoms with Crippen LogP contribution in [0.1, 0.15) is 20.9 Å². The minimum atomic E-state index is 0.610. The molecule has 0 unspecified atom stereocenters. The summed E-state index contributed by atoms with van der Waals surface area (Å²) in [7, 11) is 0. The van der Waals surface area contributed by atoms with Gasteiger partial charge >= 0.3 is 0 Å². The summed E-state index contributed by atoms with van der Waals surface area (Å²) < 4.78 is 0. The van der Waals surface area contributed by atoms with Crippen LogP contribution in [0.5, 0.6) is 0 Å². The van der Waals surface area contributed by atoms with E-state index in [-0.39, 0.29) is 0 Å². The fourth-order valence-electron chi connectivity index (χ4n) is 1.74. The molecule has 1 heterocycles. The van der Waals surface area contributed by atoms with E-state index in [0.717, 1.165) is 18.7 Å². The summed E-state index contributed by atoms with van der Waals surface area (Å²) in [6.07, 6.45) is 0. The van der Waals surface area contributed by atoms with E-state index in [9.17, 15) is 0 Å². The van der Waals surface area contributed by atoms with Crippen LogP contribution in [0.2, 0.25) is 10.0 Å². The molecule has 0 saturated carbocycles. The van der Waals surface area contributed by atoms with Crippen molar-refractivity contribution >= 4 is 34.5 Å². The van der Waals surface area contributed by atoms with E-state index >= 15 is 0 Å². The van der Waals surface area contributed by atoms with Crippen LogP contribution in [0, 0.1) is 13.8 Å². The van der Waals surface area contributed by atoms with Crippen molar-refractivity contribution < 1.29 is 0 Å². The van der Waals surface area contributed by atoms with Gasteiger partial charge in [-0.2, -0.15) is 0 Å². The number of hydrogen-bond donors (Lipinski definition) is 1. The summed E-state index contributed by atoms with van der Waals surface area (Å²) in [5.41, 5.74) is 2.40. The number of thiophene rings is 1. The summed E-state index contributed by atoms with van der Waals surface area (Å²) >= 11 is 13.9. The van der Waals surface area contributed by atoms with Gasteiger partial charge in [-0.15, -0.1) is 11.3 Å². The average molecular weight is 300 g/mol. The highest BCUT2D eigenvalue weighted by molar-refractivity contribution is 7.12. The Morgan fingerprint density at radius 1 is 1.17 bits per heavy atom. The van der Waals surface area contributed by atoms with Crippen molar-refractivity contribution in [1.82, 2.24) is 5.32 Å². The zero-order valence-electron chi connectivity index (χ0n) is 10.4. The summed E-state index contributed by atoms with van der Waals surface area (Å²) in [5, 5.41) is 4.65. The summed E-state index contributed by atoms with van der Waals surface area (Å²) in [6, 6.07) is 7.95. The predicted molar refractivity (Wildman–Crippen MR) is 80.8 cm³/mol. The standard InChI is InChI=1S/C14H15Cl2NS/c1-9-6-12(18-10(9)2)8-17-7-11-4-3-5-13(15)14(11)16/h3-6,17H,7-8H2,1-2H3. The van der Waals surface area contributed by atoms with Crippen LogP contribution in [-0.2, 0) is 13.1 Å². The van der Waals surface area contributed by atoms with Crippen LogP contribution in [0.15, 0.2) is 24.3 Å². The minimum Gasteiger partial charge on any atom is -0.308 e. The fraction of sp³-hybridized carbons (Fsp3) is 0.286. The molecule has 18 heavy (non-hydrogen) atoms. The molecule has 1 aromatic heterocycles. The number of nitrogens with one attached hydrogen (secondary N) is 1. The molecule has 0 aliphatic heterocycles. The lowest BCUT2D eigenvalue weighted by Crippen LogP contribution is -2.12. The second-order valence-electron chi connectivity index (χ2n) is 4.27. The van der Waals surface area contributed by atoms with Gasteiger partial charge in [0.05, 0.1) is 10.0 Å². The van der Waals surface area contributed by atoms with Gasteiger partial charge in [0.1, 0.15) is 0 Å². The molecule has 0 spiro atoms. The number of halogens is 2. The molecule has 0 radical (unpaired) electrons. The van der Waals surface area contributed by atoms with E-state index in [0.29, 0.717) is 10.0 Å². The van der Waals surface area contributed by atoms with E-state index < -0.39 is 0 Å². The molecule has 0 aliphatic rings. The molecule has 1 N–H and O–H groups in total. The number of rotatable bonds is 4. The van der Waals surface area contributed by atoms with Crippen molar-refractivity contribution in [2.45, 2.75) is 26.9 Å². The molecular formula is C14H15Cl2NS. The second-order valence-corrected chi connectivity index (χ2v) is 6.39. The molecule has 2 aromatic rings. The first-order valence-corrected chi connectivity index (χ1v) is 7.34. The molecule has 0 amide bonds. The van der Waals surface area contributed by atoms with Gasteiger partial charge in [-0.05, 0) is 37.1 Å². The zero-order valence-corrected chi connectivity index (χ0v) is 12.7. The van der Waals surface area contributed by atoms with Crippen LogP contribution >= 0.6 is 34.5 Å². The van der Waals surface area contributed by atoms with Gasteiger partial charge in [0.15, 0.2) is 0 Å². The predicted octanol–water partition coefficient (Wildman–Crippen LogP) is 4.96. The first-order valence-electron chi connectivity index (χ1n) is 5.77. The van der Waals surface area contributed by atoms with E-state index in [1.54, 1.807) is 6.07 Å². The van der Waals surface area contributed by atoms with Gasteiger partial charge in [-0.1, -0.05) is 35.3 Å². The highest BCUT2D eigenvalue weighted by atomic mass is 35.5. The van der Waals surface area contributed by atoms with Crippen LogP contribution < -0.4 is 5.32 Å². The Morgan fingerprint density at radius 2 is 1.94 bits per heavy atom. The summed E-state index contributed by atoms with van der Waals surface area (Å²) in [5.74, 6) is 0. The SMILES string of the molecule is Cc1cc(CNCc2cccc(Cl)c2Cl)sc1C. The Morgan fingerprint density at radius 3 is 2.61 bits per heavy atom. The quantitative estimate of drug-likeness (QED) is 0.841. The molecule has 1 aromatic carbocycles. The van der Waals surface area contributed by atoms with E-state index in [1.165, 1.54) is 15.3 Å². The Bertz CT molecular complexity index is 529. The van der Waals surface area contributed by atoms with Crippen molar-refractivity contribution in [3.05, 3.63) is 55.2 Å². The number of hydrogen-bond acceptors (Lipinski definition) is 2. The molecule has 2 rings (SSSR count). The molecular weight excluding hydrogens is 285 g/mol. The van der Waals surface area contributed by atoms with Gasteiger partial charge < -0.3 is 5.32 Å². The Kier molecular flexibility index (Phi) is 4.68. The minimum absolute atomic E-state index is 0.610. The van der Waals surface area contributed by atoms with Gasteiger partial charge in [0, 0.05) is 22.8 Å². The van der Waals surface area contributed by atoms with Gasteiger partial charge in [0.25, 0.3) is 0 Å².